The molecule has 0 aliphatic heterocycles. The van der Waals surface area contributed by atoms with Gasteiger partial charge in [-0.2, -0.15) is 4.99 Å². The van der Waals surface area contributed by atoms with E-state index in [9.17, 15) is 9.18 Å². The number of aromatic nitrogens is 1. The Kier molecular flexibility index (Phi) is 5.49. The summed E-state index contributed by atoms with van der Waals surface area (Å²) in [6, 6.07) is 9.80. The monoisotopic (exact) mass is 368 g/mol. The van der Waals surface area contributed by atoms with Crippen molar-refractivity contribution >= 4 is 17.4 Å². The van der Waals surface area contributed by atoms with Gasteiger partial charge in [0.1, 0.15) is 11.7 Å². The zero-order chi connectivity index (χ0) is 19.3. The van der Waals surface area contributed by atoms with Crippen molar-refractivity contribution in [1.29, 1.82) is 0 Å². The summed E-state index contributed by atoms with van der Waals surface area (Å²) in [5.41, 5.74) is 6.09. The van der Waals surface area contributed by atoms with Crippen molar-refractivity contribution < 1.29 is 13.9 Å². The van der Waals surface area contributed by atoms with Crippen LogP contribution in [0, 0.1) is 5.82 Å². The van der Waals surface area contributed by atoms with Crippen LogP contribution in [0.15, 0.2) is 59.9 Å². The molecule has 1 aliphatic carbocycles. The number of benzene rings is 1. The average Bonchev–Trinajstić information content (AvgIpc) is 3.44. The molecule has 1 aromatic heterocycles. The molecule has 1 amide bonds. The molecule has 3 N–H and O–H groups in total. The average molecular weight is 368 g/mol. The third kappa shape index (κ3) is 4.31. The number of amidine groups is 1. The van der Waals surface area contributed by atoms with E-state index >= 15 is 0 Å². The van der Waals surface area contributed by atoms with E-state index in [1.54, 1.807) is 42.7 Å². The summed E-state index contributed by atoms with van der Waals surface area (Å²) in [6.07, 6.45) is 5.81. The first kappa shape index (κ1) is 18.6. The number of rotatable bonds is 7. The van der Waals surface area contributed by atoms with Crippen LogP contribution in [-0.2, 0) is 10.2 Å². The standard InChI is InChI=1S/C20H21FN4O2/c1-2-27-18-13-14(7-11-24-18)23-12-8-17(22)25-19(26)20(9-10-20)15-5-3-4-6-16(15)21/h3-8,11-13H,2,9-10H2,1H3,(H,23,24)(H2,22,25,26)/b12-8-. The summed E-state index contributed by atoms with van der Waals surface area (Å²) < 4.78 is 19.4. The molecule has 27 heavy (non-hydrogen) atoms. The van der Waals surface area contributed by atoms with Crippen LogP contribution in [-0.4, -0.2) is 23.3 Å². The number of carbonyl (C=O) groups is 1. The van der Waals surface area contributed by atoms with Crippen LogP contribution in [0.25, 0.3) is 0 Å². The van der Waals surface area contributed by atoms with E-state index in [1.165, 1.54) is 12.1 Å². The number of nitrogens with one attached hydrogen (secondary N) is 1. The number of halogens is 1. The first-order chi connectivity index (χ1) is 13.0. The van der Waals surface area contributed by atoms with E-state index < -0.39 is 17.1 Å². The van der Waals surface area contributed by atoms with Gasteiger partial charge in [0.15, 0.2) is 0 Å². The van der Waals surface area contributed by atoms with Crippen molar-refractivity contribution in [3.63, 3.8) is 0 Å². The molecular weight excluding hydrogens is 347 g/mol. The third-order valence-electron chi connectivity index (χ3n) is 4.31. The largest absolute Gasteiger partial charge is 0.478 e. The lowest BCUT2D eigenvalue weighted by molar-refractivity contribution is -0.120. The molecule has 0 radical (unpaired) electrons. The molecule has 1 saturated carbocycles. The molecule has 1 heterocycles. The SMILES string of the molecule is CCOc1cc(N/C=C\C(N)=NC(=O)C2(c3ccccc3F)CC2)ccn1. The fourth-order valence-electron chi connectivity index (χ4n) is 2.78. The van der Waals surface area contributed by atoms with Crippen LogP contribution < -0.4 is 15.8 Å². The van der Waals surface area contributed by atoms with Gasteiger partial charge in [0, 0.05) is 29.7 Å². The maximum absolute atomic E-state index is 14.0. The number of anilines is 1. The van der Waals surface area contributed by atoms with Gasteiger partial charge in [-0.15, -0.1) is 0 Å². The number of pyridine rings is 1. The van der Waals surface area contributed by atoms with Crippen molar-refractivity contribution in [2.24, 2.45) is 10.7 Å². The molecule has 0 unspecified atom stereocenters. The molecule has 0 atom stereocenters. The summed E-state index contributed by atoms with van der Waals surface area (Å²) in [5, 5.41) is 3.01. The second kappa shape index (κ2) is 7.99. The van der Waals surface area contributed by atoms with Crippen molar-refractivity contribution in [1.82, 2.24) is 4.98 Å². The smallest absolute Gasteiger partial charge is 0.258 e. The number of amides is 1. The zero-order valence-corrected chi connectivity index (χ0v) is 15.0. The highest BCUT2D eigenvalue weighted by atomic mass is 19.1. The van der Waals surface area contributed by atoms with Gasteiger partial charge in [-0.25, -0.2) is 9.37 Å². The fraction of sp³-hybridized carbons (Fsp3) is 0.250. The minimum absolute atomic E-state index is 0.0502. The summed E-state index contributed by atoms with van der Waals surface area (Å²) in [6.45, 7) is 2.40. The highest BCUT2D eigenvalue weighted by Crippen LogP contribution is 2.50. The fourth-order valence-corrected chi connectivity index (χ4v) is 2.78. The molecule has 140 valence electrons. The Morgan fingerprint density at radius 2 is 2.19 bits per heavy atom. The molecule has 1 fully saturated rings. The van der Waals surface area contributed by atoms with Gasteiger partial charge in [-0.3, -0.25) is 4.79 Å². The van der Waals surface area contributed by atoms with Crippen molar-refractivity contribution in [3.8, 4) is 5.88 Å². The Hall–Kier alpha value is -3.22. The van der Waals surface area contributed by atoms with Gasteiger partial charge in [0.2, 0.25) is 5.88 Å². The first-order valence-electron chi connectivity index (χ1n) is 8.71. The van der Waals surface area contributed by atoms with Crippen LogP contribution in [0.3, 0.4) is 0 Å². The van der Waals surface area contributed by atoms with Gasteiger partial charge < -0.3 is 15.8 Å². The Labute approximate surface area is 157 Å². The van der Waals surface area contributed by atoms with Gasteiger partial charge in [0.05, 0.1) is 12.0 Å². The minimum atomic E-state index is -0.880. The zero-order valence-electron chi connectivity index (χ0n) is 15.0. The van der Waals surface area contributed by atoms with Crippen molar-refractivity contribution in [2.75, 3.05) is 11.9 Å². The molecule has 0 bridgehead atoms. The Bertz CT molecular complexity index is 891. The molecule has 2 aromatic rings. The lowest BCUT2D eigenvalue weighted by atomic mass is 9.94. The van der Waals surface area contributed by atoms with E-state index in [2.05, 4.69) is 15.3 Å². The number of carbonyl (C=O) groups excluding carboxylic acids is 1. The summed E-state index contributed by atoms with van der Waals surface area (Å²) >= 11 is 0. The highest BCUT2D eigenvalue weighted by Gasteiger charge is 2.52. The Morgan fingerprint density at radius 3 is 2.89 bits per heavy atom. The Balaban J connectivity index is 1.65. The molecule has 7 heteroatoms. The second-order valence-corrected chi connectivity index (χ2v) is 6.20. The first-order valence-corrected chi connectivity index (χ1v) is 8.71. The number of ether oxygens (including phenoxy) is 1. The van der Waals surface area contributed by atoms with E-state index in [-0.39, 0.29) is 5.84 Å². The molecule has 6 nitrogen and oxygen atoms in total. The van der Waals surface area contributed by atoms with Crippen LogP contribution in [0.5, 0.6) is 5.88 Å². The quantitative estimate of drug-likeness (QED) is 0.579. The molecule has 1 aromatic carbocycles. The van der Waals surface area contributed by atoms with E-state index in [4.69, 9.17) is 10.5 Å². The lowest BCUT2D eigenvalue weighted by Crippen LogP contribution is -2.23. The minimum Gasteiger partial charge on any atom is -0.478 e. The van der Waals surface area contributed by atoms with Gasteiger partial charge in [-0.1, -0.05) is 18.2 Å². The van der Waals surface area contributed by atoms with Gasteiger partial charge in [0.25, 0.3) is 5.91 Å². The normalized spacial score (nSPS) is 15.6. The number of nitrogens with two attached hydrogens (primary N) is 1. The predicted octanol–water partition coefficient (Wildman–Crippen LogP) is 3.16. The summed E-state index contributed by atoms with van der Waals surface area (Å²) in [7, 11) is 0. The highest BCUT2D eigenvalue weighted by molar-refractivity contribution is 6.04. The van der Waals surface area contributed by atoms with Crippen molar-refractivity contribution in [3.05, 3.63) is 66.3 Å². The lowest BCUT2D eigenvalue weighted by Gasteiger charge is -2.12. The van der Waals surface area contributed by atoms with Crippen LogP contribution in [0.4, 0.5) is 10.1 Å². The number of hydrogen-bond donors (Lipinski definition) is 2. The third-order valence-corrected chi connectivity index (χ3v) is 4.31. The molecular formula is C20H21FN4O2. The number of aliphatic imine (C=N–C) groups is 1. The van der Waals surface area contributed by atoms with E-state index in [0.717, 1.165) is 5.69 Å². The number of hydrogen-bond acceptors (Lipinski definition) is 4. The predicted molar refractivity (Wildman–Crippen MR) is 102 cm³/mol. The van der Waals surface area contributed by atoms with E-state index in [0.29, 0.717) is 30.9 Å². The number of nitrogens with zero attached hydrogens (tertiary/aromatic N) is 2. The molecule has 0 saturated heterocycles. The topological polar surface area (TPSA) is 89.6 Å². The van der Waals surface area contributed by atoms with Crippen LogP contribution in [0.2, 0.25) is 0 Å². The van der Waals surface area contributed by atoms with Crippen molar-refractivity contribution in [2.45, 2.75) is 25.2 Å². The molecule has 0 spiro atoms. The molecule has 1 aliphatic rings. The summed E-state index contributed by atoms with van der Waals surface area (Å²) in [4.78, 5) is 20.5. The Morgan fingerprint density at radius 1 is 1.41 bits per heavy atom. The van der Waals surface area contributed by atoms with Gasteiger partial charge >= 0.3 is 0 Å². The summed E-state index contributed by atoms with van der Waals surface area (Å²) in [5.74, 6) is -0.253. The molecule has 3 rings (SSSR count). The maximum Gasteiger partial charge on any atom is 0.258 e. The second-order valence-electron chi connectivity index (χ2n) is 6.20. The van der Waals surface area contributed by atoms with Gasteiger partial charge in [-0.05, 0) is 38.0 Å². The van der Waals surface area contributed by atoms with Crippen LogP contribution >= 0.6 is 0 Å². The van der Waals surface area contributed by atoms with E-state index in [1.807, 2.05) is 6.92 Å². The van der Waals surface area contributed by atoms with Crippen LogP contribution in [0.1, 0.15) is 25.3 Å². The maximum atomic E-state index is 14.0.